The SMILES string of the molecule is CC/C=C\C/C=C\C/C=C\C/C=C\C/C=C\C/C=C\CCC(=O)NCCOCCN(C)C(=O)O[C@@H]1O[C@H](n2cc(C)c(=O)[nH]c2=O)C[C@@H]1N=[N+]=[N-]. The lowest BCUT2D eigenvalue weighted by Crippen LogP contribution is -2.37. The highest BCUT2D eigenvalue weighted by molar-refractivity contribution is 5.75. The van der Waals surface area contributed by atoms with Gasteiger partial charge < -0.3 is 24.4 Å². The second-order valence-electron chi connectivity index (χ2n) is 11.7. The van der Waals surface area contributed by atoms with E-state index in [0.29, 0.717) is 24.9 Å². The zero-order chi connectivity index (χ0) is 37.1. The van der Waals surface area contributed by atoms with Crippen LogP contribution in [-0.2, 0) is 19.0 Å². The molecule has 2 amide bonds. The van der Waals surface area contributed by atoms with E-state index >= 15 is 0 Å². The molecular formula is C37H53N7O7. The van der Waals surface area contributed by atoms with E-state index in [9.17, 15) is 19.2 Å². The molecule has 3 atom stereocenters. The van der Waals surface area contributed by atoms with E-state index in [0.717, 1.165) is 43.1 Å². The molecule has 14 heteroatoms. The number of nitrogens with zero attached hydrogens (tertiary/aromatic N) is 5. The number of aromatic amines is 1. The summed E-state index contributed by atoms with van der Waals surface area (Å²) in [4.78, 5) is 54.9. The molecule has 1 saturated heterocycles. The van der Waals surface area contributed by atoms with Crippen LogP contribution in [0.4, 0.5) is 4.79 Å². The number of carbonyl (C=O) groups excluding carboxylic acids is 2. The van der Waals surface area contributed by atoms with Crippen LogP contribution < -0.4 is 16.6 Å². The highest BCUT2D eigenvalue weighted by Gasteiger charge is 2.39. The molecule has 0 spiro atoms. The van der Waals surface area contributed by atoms with Gasteiger partial charge in [-0.05, 0) is 57.4 Å². The standard InChI is InChI=1S/C37H53N7O7/c1-4-5-6-7-8-9-10-11-12-13-14-15-16-17-18-19-20-21-22-23-32(45)39-24-26-49-27-25-43(3)37(48)51-35-31(41-42-38)28-33(50-35)44-29-30(2)34(46)40-36(44)47/h5-6,8-9,11-12,14-15,17-18,20-21,29,31,33,35H,4,7,10,13,16,19,22-28H2,1-3H3,(H,39,45)(H,40,46,47)/b6-5-,9-8-,12-11-,15-14-,18-17-,21-20-/t31-,33-,35-/m0/s1. The Labute approximate surface area is 299 Å². The number of hydrogen-bond donors (Lipinski definition) is 2. The van der Waals surface area contributed by atoms with Crippen molar-refractivity contribution in [2.75, 3.05) is 33.4 Å². The first kappa shape index (κ1) is 42.3. The molecule has 2 rings (SSSR count). The van der Waals surface area contributed by atoms with Crippen molar-refractivity contribution >= 4 is 12.0 Å². The molecule has 14 nitrogen and oxygen atoms in total. The van der Waals surface area contributed by atoms with Crippen molar-refractivity contribution in [3.8, 4) is 0 Å². The Balaban J connectivity index is 1.52. The maximum atomic E-state index is 12.6. The molecule has 51 heavy (non-hydrogen) atoms. The Morgan fingerprint density at radius 3 is 2.18 bits per heavy atom. The second kappa shape index (κ2) is 26.0. The summed E-state index contributed by atoms with van der Waals surface area (Å²) >= 11 is 0. The van der Waals surface area contributed by atoms with Crippen molar-refractivity contribution in [3.63, 3.8) is 0 Å². The van der Waals surface area contributed by atoms with Gasteiger partial charge in [0.05, 0.1) is 13.2 Å². The third-order valence-corrected chi connectivity index (χ3v) is 7.51. The van der Waals surface area contributed by atoms with Gasteiger partial charge in [0.25, 0.3) is 5.56 Å². The third-order valence-electron chi connectivity index (χ3n) is 7.51. The molecule has 1 fully saturated rings. The van der Waals surface area contributed by atoms with Crippen molar-refractivity contribution in [2.45, 2.75) is 90.2 Å². The number of aromatic nitrogens is 2. The normalized spacial score (nSPS) is 17.8. The van der Waals surface area contributed by atoms with E-state index in [1.54, 1.807) is 0 Å². The Morgan fingerprint density at radius 2 is 1.59 bits per heavy atom. The van der Waals surface area contributed by atoms with Crippen LogP contribution in [0, 0.1) is 6.92 Å². The quantitative estimate of drug-likeness (QED) is 0.0431. The van der Waals surface area contributed by atoms with Crippen molar-refractivity contribution in [3.05, 3.63) is 116 Å². The number of aryl methyl sites for hydroxylation is 1. The van der Waals surface area contributed by atoms with Gasteiger partial charge in [0.1, 0.15) is 12.3 Å². The average molecular weight is 708 g/mol. The number of rotatable bonds is 23. The first-order valence-corrected chi connectivity index (χ1v) is 17.4. The lowest BCUT2D eigenvalue weighted by atomic mass is 10.2. The van der Waals surface area contributed by atoms with Gasteiger partial charge in [-0.3, -0.25) is 19.1 Å². The molecule has 0 aliphatic carbocycles. The largest absolute Gasteiger partial charge is 0.419 e. The van der Waals surface area contributed by atoms with Crippen molar-refractivity contribution in [1.29, 1.82) is 0 Å². The summed E-state index contributed by atoms with van der Waals surface area (Å²) in [6.45, 7) is 4.67. The molecule has 1 aromatic heterocycles. The lowest BCUT2D eigenvalue weighted by Gasteiger charge is -2.22. The van der Waals surface area contributed by atoms with E-state index in [1.807, 2.05) is 6.08 Å². The number of azide groups is 1. The van der Waals surface area contributed by atoms with Crippen LogP contribution in [-0.4, -0.2) is 72.1 Å². The molecule has 1 aliphatic rings. The number of hydrogen-bond acceptors (Lipinski definition) is 8. The van der Waals surface area contributed by atoms with Gasteiger partial charge in [-0.15, -0.1) is 0 Å². The van der Waals surface area contributed by atoms with Crippen LogP contribution in [0.15, 0.2) is 93.8 Å². The smallest absolute Gasteiger partial charge is 0.411 e. The fourth-order valence-corrected chi connectivity index (χ4v) is 4.66. The summed E-state index contributed by atoms with van der Waals surface area (Å²) < 4.78 is 17.8. The summed E-state index contributed by atoms with van der Waals surface area (Å²) in [6, 6.07) is -0.879. The number of nitrogens with one attached hydrogen (secondary N) is 2. The topological polar surface area (TPSA) is 181 Å². The van der Waals surface area contributed by atoms with Crippen LogP contribution in [0.5, 0.6) is 0 Å². The van der Waals surface area contributed by atoms with Gasteiger partial charge in [-0.1, -0.05) is 85.0 Å². The van der Waals surface area contributed by atoms with E-state index in [2.05, 4.69) is 94.1 Å². The minimum Gasteiger partial charge on any atom is -0.419 e. The monoisotopic (exact) mass is 707 g/mol. The Kier molecular flexibility index (Phi) is 21.5. The Hall–Kier alpha value is -4.91. The second-order valence-corrected chi connectivity index (χ2v) is 11.7. The van der Waals surface area contributed by atoms with Crippen LogP contribution in [0.25, 0.3) is 10.4 Å². The Morgan fingerprint density at radius 1 is 1.00 bits per heavy atom. The minimum absolute atomic E-state index is 0.0628. The molecule has 278 valence electrons. The first-order chi connectivity index (χ1) is 24.8. The molecule has 2 N–H and O–H groups in total. The van der Waals surface area contributed by atoms with Gasteiger partial charge in [0, 0.05) is 49.7 Å². The van der Waals surface area contributed by atoms with Gasteiger partial charge in [0.2, 0.25) is 12.2 Å². The summed E-state index contributed by atoms with van der Waals surface area (Å²) in [5.41, 5.74) is 8.01. The summed E-state index contributed by atoms with van der Waals surface area (Å²) in [7, 11) is 1.51. The highest BCUT2D eigenvalue weighted by atomic mass is 16.7. The number of H-pyrrole nitrogens is 1. The minimum atomic E-state index is -1.23. The molecule has 0 aromatic carbocycles. The third kappa shape index (κ3) is 18.1. The predicted octanol–water partition coefficient (Wildman–Crippen LogP) is 6.45. The number of amides is 2. The molecule has 2 heterocycles. The van der Waals surface area contributed by atoms with Gasteiger partial charge >= 0.3 is 11.8 Å². The molecule has 0 bridgehead atoms. The first-order valence-electron chi connectivity index (χ1n) is 17.4. The van der Waals surface area contributed by atoms with Crippen molar-refractivity contribution in [1.82, 2.24) is 19.8 Å². The van der Waals surface area contributed by atoms with Gasteiger partial charge in [-0.25, -0.2) is 9.59 Å². The van der Waals surface area contributed by atoms with Crippen molar-refractivity contribution < 1.29 is 23.8 Å². The zero-order valence-electron chi connectivity index (χ0n) is 30.0. The predicted molar refractivity (Wildman–Crippen MR) is 198 cm³/mol. The van der Waals surface area contributed by atoms with E-state index in [1.165, 1.54) is 25.1 Å². The highest BCUT2D eigenvalue weighted by Crippen LogP contribution is 2.31. The molecule has 0 saturated carbocycles. The van der Waals surface area contributed by atoms with Gasteiger partial charge in [-0.2, -0.15) is 0 Å². The van der Waals surface area contributed by atoms with Crippen molar-refractivity contribution in [2.24, 2.45) is 5.11 Å². The van der Waals surface area contributed by atoms with Crippen LogP contribution in [0.1, 0.15) is 76.5 Å². The fraction of sp³-hybridized carbons (Fsp3) is 0.514. The van der Waals surface area contributed by atoms with E-state index in [4.69, 9.17) is 19.7 Å². The van der Waals surface area contributed by atoms with E-state index < -0.39 is 35.9 Å². The van der Waals surface area contributed by atoms with Crippen LogP contribution in [0.3, 0.4) is 0 Å². The van der Waals surface area contributed by atoms with E-state index in [-0.39, 0.29) is 32.1 Å². The number of allylic oxidation sites excluding steroid dienone is 12. The van der Waals surface area contributed by atoms with Crippen LogP contribution >= 0.6 is 0 Å². The average Bonchev–Trinajstić information content (AvgIpc) is 3.50. The van der Waals surface area contributed by atoms with Gasteiger partial charge in [0.15, 0.2) is 0 Å². The van der Waals surface area contributed by atoms with Crippen LogP contribution in [0.2, 0.25) is 0 Å². The molecule has 1 aromatic rings. The maximum Gasteiger partial charge on any atom is 0.411 e. The molecule has 1 aliphatic heterocycles. The molecule has 0 radical (unpaired) electrons. The Bertz CT molecular complexity index is 1550. The number of likely N-dealkylation sites (N-methyl/N-ethyl adjacent to an activating group) is 1. The number of ether oxygens (including phenoxy) is 3. The summed E-state index contributed by atoms with van der Waals surface area (Å²) in [5, 5.41) is 6.45. The molecule has 0 unspecified atom stereocenters. The summed E-state index contributed by atoms with van der Waals surface area (Å²) in [5.74, 6) is -0.0671. The molecular weight excluding hydrogens is 654 g/mol. The number of carbonyl (C=O) groups is 2. The lowest BCUT2D eigenvalue weighted by molar-refractivity contribution is -0.127. The zero-order valence-corrected chi connectivity index (χ0v) is 30.0. The summed E-state index contributed by atoms with van der Waals surface area (Å²) in [6.07, 6.45) is 31.0. The maximum absolute atomic E-state index is 12.6. The fourth-order valence-electron chi connectivity index (χ4n) is 4.66.